The normalized spacial score (nSPS) is 18.9. The third-order valence-corrected chi connectivity index (χ3v) is 4.13. The molecule has 1 N–H and O–H groups in total. The van der Waals surface area contributed by atoms with Crippen molar-refractivity contribution in [3.8, 4) is 0 Å². The molecule has 8 heteroatoms. The molecule has 1 atom stereocenters. The van der Waals surface area contributed by atoms with Crippen LogP contribution in [0.3, 0.4) is 0 Å². The summed E-state index contributed by atoms with van der Waals surface area (Å²) in [7, 11) is 0. The lowest BCUT2D eigenvalue weighted by atomic mass is 10.1. The Balaban J connectivity index is 1.64. The summed E-state index contributed by atoms with van der Waals surface area (Å²) in [5.41, 5.74) is -0.868. The minimum atomic E-state index is -4.40. The van der Waals surface area contributed by atoms with Crippen LogP contribution < -0.4 is 5.32 Å². The summed E-state index contributed by atoms with van der Waals surface area (Å²) in [5, 5.41) is 4.07. The Bertz CT molecular complexity index is 470. The molecule has 0 spiro atoms. The van der Waals surface area contributed by atoms with Crippen molar-refractivity contribution in [3.63, 3.8) is 0 Å². The third kappa shape index (κ3) is 5.28. The van der Waals surface area contributed by atoms with E-state index < -0.39 is 11.9 Å². The highest BCUT2D eigenvalue weighted by molar-refractivity contribution is 7.09. The minimum Gasteiger partial charge on any atom is -0.378 e. The Morgan fingerprint density at radius 1 is 1.52 bits per heavy atom. The number of ether oxygens (including phenoxy) is 1. The lowest BCUT2D eigenvalue weighted by Gasteiger charge is -2.08. The maximum Gasteiger partial charge on any atom is 0.434 e. The van der Waals surface area contributed by atoms with Gasteiger partial charge in [0.2, 0.25) is 5.91 Å². The van der Waals surface area contributed by atoms with Crippen molar-refractivity contribution in [3.05, 3.63) is 16.1 Å². The van der Waals surface area contributed by atoms with Crippen LogP contribution in [0.1, 0.15) is 36.4 Å². The van der Waals surface area contributed by atoms with Crippen molar-refractivity contribution in [2.24, 2.45) is 0 Å². The summed E-state index contributed by atoms with van der Waals surface area (Å²) in [6.07, 6.45) is -0.808. The van der Waals surface area contributed by atoms with E-state index in [0.717, 1.165) is 36.2 Å². The summed E-state index contributed by atoms with van der Waals surface area (Å²) in [5.74, 6) is -0.0990. The van der Waals surface area contributed by atoms with Gasteiger partial charge < -0.3 is 10.1 Å². The van der Waals surface area contributed by atoms with Crippen LogP contribution in [0.25, 0.3) is 0 Å². The van der Waals surface area contributed by atoms with E-state index in [1.165, 1.54) is 0 Å². The first-order chi connectivity index (χ1) is 9.95. The Hall–Kier alpha value is -1.15. The molecule has 21 heavy (non-hydrogen) atoms. The maximum absolute atomic E-state index is 12.4. The molecule has 1 fully saturated rings. The average Bonchev–Trinajstić information content (AvgIpc) is 3.07. The standard InChI is InChI=1S/C13H17F3N2O2S/c14-13(15,16)10-8-21-12(18-10)5-6-17-11(19)4-3-9-2-1-7-20-9/h8-9H,1-7H2,(H,17,19). The van der Waals surface area contributed by atoms with Crippen LogP contribution in [0, 0.1) is 0 Å². The van der Waals surface area contributed by atoms with E-state index in [0.29, 0.717) is 30.8 Å². The lowest BCUT2D eigenvalue weighted by molar-refractivity contribution is -0.140. The molecule has 1 aromatic heterocycles. The van der Waals surface area contributed by atoms with Crippen molar-refractivity contribution in [1.82, 2.24) is 10.3 Å². The number of rotatable bonds is 6. The highest BCUT2D eigenvalue weighted by Gasteiger charge is 2.33. The number of aromatic nitrogens is 1. The van der Waals surface area contributed by atoms with Gasteiger partial charge in [-0.05, 0) is 19.3 Å². The number of nitrogens with zero attached hydrogens (tertiary/aromatic N) is 1. The maximum atomic E-state index is 12.4. The highest BCUT2D eigenvalue weighted by Crippen LogP contribution is 2.30. The van der Waals surface area contributed by atoms with E-state index >= 15 is 0 Å². The Morgan fingerprint density at radius 2 is 2.33 bits per heavy atom. The number of hydrogen-bond acceptors (Lipinski definition) is 4. The summed E-state index contributed by atoms with van der Waals surface area (Å²) in [6, 6.07) is 0. The molecule has 1 amide bonds. The zero-order valence-electron chi connectivity index (χ0n) is 11.4. The second-order valence-electron chi connectivity index (χ2n) is 4.90. The van der Waals surface area contributed by atoms with Crippen molar-refractivity contribution < 1.29 is 22.7 Å². The summed E-state index contributed by atoms with van der Waals surface area (Å²) >= 11 is 0.959. The van der Waals surface area contributed by atoms with Crippen molar-refractivity contribution >= 4 is 17.2 Å². The largest absolute Gasteiger partial charge is 0.434 e. The molecule has 1 aromatic rings. The molecule has 0 aliphatic carbocycles. The van der Waals surface area contributed by atoms with Crippen molar-refractivity contribution in [2.45, 2.75) is 44.4 Å². The topological polar surface area (TPSA) is 51.2 Å². The highest BCUT2D eigenvalue weighted by atomic mass is 32.1. The van der Waals surface area contributed by atoms with Gasteiger partial charge in [0.1, 0.15) is 0 Å². The monoisotopic (exact) mass is 322 g/mol. The van der Waals surface area contributed by atoms with E-state index in [1.807, 2.05) is 0 Å². The second-order valence-corrected chi connectivity index (χ2v) is 5.84. The number of thiazole rings is 1. The van der Waals surface area contributed by atoms with Gasteiger partial charge in [-0.1, -0.05) is 0 Å². The van der Waals surface area contributed by atoms with Gasteiger partial charge in [-0.25, -0.2) is 4.98 Å². The van der Waals surface area contributed by atoms with Crippen LogP contribution >= 0.6 is 11.3 Å². The van der Waals surface area contributed by atoms with Crippen LogP contribution in [0.2, 0.25) is 0 Å². The first-order valence-electron chi connectivity index (χ1n) is 6.85. The quantitative estimate of drug-likeness (QED) is 0.876. The number of hydrogen-bond donors (Lipinski definition) is 1. The Kier molecular flexibility index (Phi) is 5.58. The lowest BCUT2D eigenvalue weighted by Crippen LogP contribution is -2.26. The van der Waals surface area contributed by atoms with E-state index in [2.05, 4.69) is 10.3 Å². The second kappa shape index (κ2) is 7.22. The van der Waals surface area contributed by atoms with Gasteiger partial charge in [-0.2, -0.15) is 13.2 Å². The molecule has 0 bridgehead atoms. The fourth-order valence-electron chi connectivity index (χ4n) is 2.12. The molecule has 0 saturated carbocycles. The first-order valence-corrected chi connectivity index (χ1v) is 7.73. The van der Waals surface area contributed by atoms with E-state index in [1.54, 1.807) is 0 Å². The number of amides is 1. The van der Waals surface area contributed by atoms with Crippen molar-refractivity contribution in [2.75, 3.05) is 13.2 Å². The molecular formula is C13H17F3N2O2S. The minimum absolute atomic E-state index is 0.0990. The Labute approximate surface area is 124 Å². The van der Waals surface area contributed by atoms with E-state index in [-0.39, 0.29) is 12.0 Å². The molecule has 0 radical (unpaired) electrons. The van der Waals surface area contributed by atoms with Crippen molar-refractivity contribution in [1.29, 1.82) is 0 Å². The fraction of sp³-hybridized carbons (Fsp3) is 0.692. The molecule has 1 saturated heterocycles. The van der Waals surface area contributed by atoms with E-state index in [4.69, 9.17) is 4.74 Å². The Morgan fingerprint density at radius 3 is 2.95 bits per heavy atom. The number of carbonyl (C=O) groups is 1. The molecule has 2 rings (SSSR count). The predicted octanol–water partition coefficient (Wildman–Crippen LogP) is 2.78. The first kappa shape index (κ1) is 16.2. The average molecular weight is 322 g/mol. The molecule has 2 heterocycles. The van der Waals surface area contributed by atoms with Gasteiger partial charge in [-0.3, -0.25) is 4.79 Å². The van der Waals surface area contributed by atoms with Gasteiger partial charge in [0.15, 0.2) is 5.69 Å². The van der Waals surface area contributed by atoms with Crippen LogP contribution in [0.15, 0.2) is 5.38 Å². The van der Waals surface area contributed by atoms with Gasteiger partial charge in [0, 0.05) is 31.4 Å². The van der Waals surface area contributed by atoms with Crippen LogP contribution in [0.4, 0.5) is 13.2 Å². The van der Waals surface area contributed by atoms with Crippen LogP contribution in [0.5, 0.6) is 0 Å². The number of nitrogens with one attached hydrogen (secondary N) is 1. The molecular weight excluding hydrogens is 305 g/mol. The smallest absolute Gasteiger partial charge is 0.378 e. The predicted molar refractivity (Wildman–Crippen MR) is 72.0 cm³/mol. The van der Waals surface area contributed by atoms with Gasteiger partial charge in [0.25, 0.3) is 0 Å². The molecule has 1 unspecified atom stereocenters. The third-order valence-electron chi connectivity index (χ3n) is 3.22. The SMILES string of the molecule is O=C(CCC1CCCO1)NCCc1nc(C(F)(F)F)cs1. The summed E-state index contributed by atoms with van der Waals surface area (Å²) < 4.78 is 42.5. The molecule has 1 aliphatic heterocycles. The van der Waals surface area contributed by atoms with Crippen LogP contribution in [-0.4, -0.2) is 30.1 Å². The van der Waals surface area contributed by atoms with Gasteiger partial charge in [-0.15, -0.1) is 11.3 Å². The molecule has 4 nitrogen and oxygen atoms in total. The molecule has 1 aliphatic rings. The number of alkyl halides is 3. The fourth-order valence-corrected chi connectivity index (χ4v) is 2.92. The summed E-state index contributed by atoms with van der Waals surface area (Å²) in [4.78, 5) is 15.1. The zero-order valence-corrected chi connectivity index (χ0v) is 12.2. The molecule has 0 aromatic carbocycles. The molecule has 118 valence electrons. The van der Waals surface area contributed by atoms with E-state index in [9.17, 15) is 18.0 Å². The van der Waals surface area contributed by atoms with Gasteiger partial charge in [0.05, 0.1) is 11.1 Å². The number of carbonyl (C=O) groups excluding carboxylic acids is 1. The summed E-state index contributed by atoms with van der Waals surface area (Å²) in [6.45, 7) is 1.06. The zero-order chi connectivity index (χ0) is 15.3. The van der Waals surface area contributed by atoms with Gasteiger partial charge >= 0.3 is 6.18 Å². The number of halogens is 3. The van der Waals surface area contributed by atoms with Crippen LogP contribution in [-0.2, 0) is 22.1 Å².